The zero-order chi connectivity index (χ0) is 28.1. The molecule has 0 saturated carbocycles. The number of Topliss-reactive ketones (excluding diaryl/α,β-unsaturated/α-hetero) is 1. The second-order valence-corrected chi connectivity index (χ2v) is 9.22. The monoisotopic (exact) mass is 532 g/mol. The van der Waals surface area contributed by atoms with Gasteiger partial charge in [-0.05, 0) is 30.7 Å². The van der Waals surface area contributed by atoms with Crippen molar-refractivity contribution in [2.24, 2.45) is 4.99 Å². The number of hydrogen-bond donors (Lipinski definition) is 2. The van der Waals surface area contributed by atoms with Crippen LogP contribution in [0.5, 0.6) is 5.75 Å². The zero-order valence-corrected chi connectivity index (χ0v) is 22.1. The highest BCUT2D eigenvalue weighted by molar-refractivity contribution is 6.21. The predicted molar refractivity (Wildman–Crippen MR) is 155 cm³/mol. The molecule has 4 aromatic carbocycles. The minimum absolute atomic E-state index is 0.218. The van der Waals surface area contributed by atoms with Crippen molar-refractivity contribution in [1.82, 2.24) is 5.32 Å². The van der Waals surface area contributed by atoms with Crippen LogP contribution in [0.1, 0.15) is 27.0 Å². The summed E-state index contributed by atoms with van der Waals surface area (Å²) in [5.74, 6) is -0.284. The molecule has 0 bridgehead atoms. The van der Waals surface area contributed by atoms with Crippen molar-refractivity contribution in [1.29, 1.82) is 0 Å². The molecule has 5 rings (SSSR count). The summed E-state index contributed by atoms with van der Waals surface area (Å²) in [6, 6.07) is 30.3. The van der Waals surface area contributed by atoms with E-state index in [1.54, 1.807) is 42.5 Å². The van der Waals surface area contributed by atoms with Gasteiger partial charge in [-0.1, -0.05) is 84.9 Å². The number of benzene rings is 4. The fraction of sp³-hybridized carbons (Fsp3) is 0.125. The Morgan fingerprint density at radius 2 is 1.55 bits per heavy atom. The zero-order valence-electron chi connectivity index (χ0n) is 22.1. The van der Waals surface area contributed by atoms with Gasteiger partial charge in [0.05, 0.1) is 30.7 Å². The largest absolute Gasteiger partial charge is 0.495 e. The van der Waals surface area contributed by atoms with Gasteiger partial charge in [0.2, 0.25) is 6.17 Å². The third kappa shape index (κ3) is 5.47. The molecule has 2 N–H and O–H groups in total. The average Bonchev–Trinajstić information content (AvgIpc) is 3.09. The molecule has 1 aliphatic rings. The molecule has 1 unspecified atom stereocenters. The van der Waals surface area contributed by atoms with Crippen molar-refractivity contribution in [2.45, 2.75) is 13.1 Å². The van der Waals surface area contributed by atoms with Crippen molar-refractivity contribution in [3.05, 3.63) is 125 Å². The van der Waals surface area contributed by atoms with Crippen LogP contribution in [-0.2, 0) is 4.79 Å². The van der Waals surface area contributed by atoms with Gasteiger partial charge in [0, 0.05) is 16.7 Å². The second kappa shape index (κ2) is 11.7. The van der Waals surface area contributed by atoms with Gasteiger partial charge in [-0.25, -0.2) is 9.79 Å². The molecule has 0 aromatic heterocycles. The number of amides is 3. The molecule has 200 valence electrons. The van der Waals surface area contributed by atoms with Crippen LogP contribution in [0.25, 0.3) is 0 Å². The number of hydrogen-bond acceptors (Lipinski definition) is 5. The maximum Gasteiger partial charge on any atom is 0.321 e. The Bertz CT molecular complexity index is 1600. The van der Waals surface area contributed by atoms with Gasteiger partial charge < -0.3 is 20.3 Å². The van der Waals surface area contributed by atoms with Crippen LogP contribution in [0.2, 0.25) is 0 Å². The van der Waals surface area contributed by atoms with Crippen molar-refractivity contribution < 1.29 is 19.1 Å². The molecule has 8 heteroatoms. The molecular weight excluding hydrogens is 504 g/mol. The molecule has 40 heavy (non-hydrogen) atoms. The lowest BCUT2D eigenvalue weighted by molar-refractivity contribution is -0.120. The molecule has 4 aromatic rings. The Hall–Kier alpha value is -5.24. The maximum absolute atomic E-state index is 14.0. The normalized spacial score (nSPS) is 14.4. The number of methoxy groups -OCH3 is 1. The quantitative estimate of drug-likeness (QED) is 0.319. The lowest BCUT2D eigenvalue weighted by Crippen LogP contribution is -2.50. The van der Waals surface area contributed by atoms with Crippen LogP contribution in [0.15, 0.2) is 108 Å². The number of benzodiazepines with no additional fused rings is 1. The summed E-state index contributed by atoms with van der Waals surface area (Å²) >= 11 is 0. The summed E-state index contributed by atoms with van der Waals surface area (Å²) in [5.41, 5.74) is 4.28. The van der Waals surface area contributed by atoms with Crippen LogP contribution in [0.4, 0.5) is 16.2 Å². The van der Waals surface area contributed by atoms with Gasteiger partial charge in [0.1, 0.15) is 5.75 Å². The van der Waals surface area contributed by atoms with E-state index in [9.17, 15) is 14.4 Å². The number of carbonyl (C=O) groups excluding carboxylic acids is 3. The van der Waals surface area contributed by atoms with E-state index in [0.717, 1.165) is 11.1 Å². The fourth-order valence-electron chi connectivity index (χ4n) is 4.66. The highest BCUT2D eigenvalue weighted by atomic mass is 16.5. The fourth-order valence-corrected chi connectivity index (χ4v) is 4.66. The summed E-state index contributed by atoms with van der Waals surface area (Å²) in [5, 5.41) is 5.43. The van der Waals surface area contributed by atoms with E-state index < -0.39 is 18.1 Å². The van der Waals surface area contributed by atoms with E-state index in [0.29, 0.717) is 34.0 Å². The molecule has 0 fully saturated rings. The maximum atomic E-state index is 14.0. The van der Waals surface area contributed by atoms with Crippen LogP contribution in [0.3, 0.4) is 0 Å². The summed E-state index contributed by atoms with van der Waals surface area (Å²) in [4.78, 5) is 46.8. The first kappa shape index (κ1) is 26.4. The Morgan fingerprint density at radius 3 is 2.33 bits per heavy atom. The number of urea groups is 1. The number of nitrogens with zero attached hydrogens (tertiary/aromatic N) is 2. The number of para-hydroxylation sites is 3. The van der Waals surface area contributed by atoms with Gasteiger partial charge in [-0.2, -0.15) is 0 Å². The van der Waals surface area contributed by atoms with Gasteiger partial charge >= 0.3 is 6.03 Å². The van der Waals surface area contributed by atoms with E-state index in [1.165, 1.54) is 12.0 Å². The minimum atomic E-state index is -1.30. The number of ketones is 1. The first-order valence-electron chi connectivity index (χ1n) is 12.8. The first-order valence-corrected chi connectivity index (χ1v) is 12.8. The third-order valence-electron chi connectivity index (χ3n) is 6.63. The molecule has 1 atom stereocenters. The third-order valence-corrected chi connectivity index (χ3v) is 6.63. The minimum Gasteiger partial charge on any atom is -0.495 e. The number of carbonyl (C=O) groups is 3. The second-order valence-electron chi connectivity index (χ2n) is 9.22. The average molecular weight is 533 g/mol. The highest BCUT2D eigenvalue weighted by Gasteiger charge is 2.34. The lowest BCUT2D eigenvalue weighted by atomic mass is 9.99. The molecule has 0 radical (unpaired) electrons. The molecular formula is C32H28N4O4. The van der Waals surface area contributed by atoms with Crippen molar-refractivity contribution in [3.63, 3.8) is 0 Å². The van der Waals surface area contributed by atoms with E-state index in [1.807, 2.05) is 67.6 Å². The van der Waals surface area contributed by atoms with Crippen molar-refractivity contribution in [3.8, 4) is 5.75 Å². The molecule has 1 heterocycles. The van der Waals surface area contributed by atoms with E-state index in [4.69, 9.17) is 9.73 Å². The number of aryl methyl sites for hydroxylation is 1. The van der Waals surface area contributed by atoms with Gasteiger partial charge in [0.15, 0.2) is 5.78 Å². The summed E-state index contributed by atoms with van der Waals surface area (Å²) in [6.07, 6.45) is -1.30. The van der Waals surface area contributed by atoms with Crippen molar-refractivity contribution in [2.75, 3.05) is 23.9 Å². The topological polar surface area (TPSA) is 100 Å². The molecule has 0 spiro atoms. The Labute approximate surface area is 232 Å². The smallest absolute Gasteiger partial charge is 0.321 e. The van der Waals surface area contributed by atoms with Crippen LogP contribution < -0.4 is 20.3 Å². The Balaban J connectivity index is 1.54. The number of rotatable bonds is 7. The predicted octanol–water partition coefficient (Wildman–Crippen LogP) is 5.22. The van der Waals surface area contributed by atoms with Crippen LogP contribution in [-0.4, -0.2) is 43.3 Å². The number of aliphatic imine (C=N–C) groups is 1. The standard InChI is InChI=1S/C32H28N4O4/c1-21-12-6-7-15-23(21)27(37)20-36-26-18-10-8-16-24(26)29(22-13-4-3-5-14-22)34-30(31(36)38)35-32(39)33-25-17-9-11-19-28(25)40-2/h3-19,30H,20H2,1-2H3,(H2,33,35,39). The van der Waals surface area contributed by atoms with Gasteiger partial charge in [0.25, 0.3) is 5.91 Å². The van der Waals surface area contributed by atoms with Gasteiger partial charge in [-0.15, -0.1) is 0 Å². The Kier molecular flexibility index (Phi) is 7.68. The number of nitrogens with one attached hydrogen (secondary N) is 2. The number of fused-ring (bicyclic) bond motifs is 1. The molecule has 0 saturated heterocycles. The summed E-state index contributed by atoms with van der Waals surface area (Å²) in [6.45, 7) is 1.64. The van der Waals surface area contributed by atoms with Crippen molar-refractivity contribution >= 4 is 34.8 Å². The van der Waals surface area contributed by atoms with E-state index in [2.05, 4.69) is 10.6 Å². The highest BCUT2D eigenvalue weighted by Crippen LogP contribution is 2.29. The summed E-state index contributed by atoms with van der Waals surface area (Å²) in [7, 11) is 1.50. The molecule has 0 aliphatic carbocycles. The van der Waals surface area contributed by atoms with Crippen LogP contribution in [0, 0.1) is 6.92 Å². The Morgan fingerprint density at radius 1 is 0.875 bits per heavy atom. The molecule has 8 nitrogen and oxygen atoms in total. The summed E-state index contributed by atoms with van der Waals surface area (Å²) < 4.78 is 5.32. The van der Waals surface area contributed by atoms with Gasteiger partial charge in [-0.3, -0.25) is 9.59 Å². The number of anilines is 2. The SMILES string of the molecule is COc1ccccc1NC(=O)NC1N=C(c2ccccc2)c2ccccc2N(CC(=O)c2ccccc2C)C1=O. The molecule has 1 aliphatic heterocycles. The van der Waals surface area contributed by atoms with E-state index in [-0.39, 0.29) is 12.3 Å². The van der Waals surface area contributed by atoms with Crippen LogP contribution >= 0.6 is 0 Å². The van der Waals surface area contributed by atoms with E-state index >= 15 is 0 Å². The first-order chi connectivity index (χ1) is 19.5. The number of ether oxygens (including phenoxy) is 1. The molecule has 3 amide bonds. The lowest BCUT2D eigenvalue weighted by Gasteiger charge is -2.25.